The minimum absolute atomic E-state index is 0.0670. The molecule has 0 spiro atoms. The van der Waals surface area contributed by atoms with E-state index in [-0.39, 0.29) is 24.5 Å². The first-order valence-corrected chi connectivity index (χ1v) is 8.41. The maximum absolute atomic E-state index is 12.3. The average Bonchev–Trinajstić information content (AvgIpc) is 3.15. The molecular weight excluding hydrogens is 304 g/mol. The van der Waals surface area contributed by atoms with Gasteiger partial charge in [-0.2, -0.15) is 0 Å². The summed E-state index contributed by atoms with van der Waals surface area (Å²) in [5.74, 6) is -0.157. The third-order valence-corrected chi connectivity index (χ3v) is 4.96. The number of carbonyl (C=O) groups is 2. The summed E-state index contributed by atoms with van der Waals surface area (Å²) in [4.78, 5) is 27.4. The predicted octanol–water partition coefficient (Wildman–Crippen LogP) is 2.17. The Morgan fingerprint density at radius 3 is 2.71 bits per heavy atom. The smallest absolute Gasteiger partial charge is 0.327 e. The Morgan fingerprint density at radius 1 is 1.12 bits per heavy atom. The molecule has 2 atom stereocenters. The zero-order valence-electron chi connectivity index (χ0n) is 13.4. The molecule has 5 heteroatoms. The number of urea groups is 1. The van der Waals surface area contributed by atoms with Crippen LogP contribution in [0.1, 0.15) is 18.4 Å². The monoisotopic (exact) mass is 324 g/mol. The third-order valence-electron chi connectivity index (χ3n) is 4.96. The summed E-state index contributed by atoms with van der Waals surface area (Å²) < 4.78 is 0. The number of carbonyl (C=O) groups excluding carboxylic acids is 2. The van der Waals surface area contributed by atoms with Gasteiger partial charge < -0.3 is 10.0 Å². The van der Waals surface area contributed by atoms with Gasteiger partial charge in [-0.05, 0) is 29.2 Å². The summed E-state index contributed by atoms with van der Waals surface area (Å²) in [6.07, 6.45) is 1.29. The van der Waals surface area contributed by atoms with Crippen LogP contribution in [0.4, 0.5) is 4.79 Å². The summed E-state index contributed by atoms with van der Waals surface area (Å²) in [5.41, 5.74) is 1.00. The number of imide groups is 1. The minimum atomic E-state index is -0.751. The van der Waals surface area contributed by atoms with Gasteiger partial charge in [-0.1, -0.05) is 42.5 Å². The summed E-state index contributed by atoms with van der Waals surface area (Å²) >= 11 is 0. The Hall–Kier alpha value is -2.40. The molecule has 3 amide bonds. The van der Waals surface area contributed by atoms with Gasteiger partial charge in [0.1, 0.15) is 6.04 Å². The zero-order valence-corrected chi connectivity index (χ0v) is 13.4. The van der Waals surface area contributed by atoms with Crippen LogP contribution >= 0.6 is 0 Å². The van der Waals surface area contributed by atoms with Gasteiger partial charge in [0.15, 0.2) is 0 Å². The highest BCUT2D eigenvalue weighted by Crippen LogP contribution is 2.27. The van der Waals surface area contributed by atoms with Crippen LogP contribution < -0.4 is 0 Å². The molecule has 1 N–H and O–H groups in total. The summed E-state index contributed by atoms with van der Waals surface area (Å²) in [6.45, 7) is 0.712. The fourth-order valence-electron chi connectivity index (χ4n) is 3.76. The van der Waals surface area contributed by atoms with E-state index < -0.39 is 6.10 Å². The Bertz CT molecular complexity index is 782. The molecular formula is C19H20N2O3. The average molecular weight is 324 g/mol. The van der Waals surface area contributed by atoms with Crippen molar-refractivity contribution in [2.75, 3.05) is 13.1 Å². The Labute approximate surface area is 140 Å². The highest BCUT2D eigenvalue weighted by Gasteiger charge is 2.47. The highest BCUT2D eigenvalue weighted by atomic mass is 16.3. The molecule has 0 aliphatic carbocycles. The molecule has 5 nitrogen and oxygen atoms in total. The lowest BCUT2D eigenvalue weighted by Gasteiger charge is -2.19. The standard InChI is InChI=1S/C19H20N2O3/c22-16(11-13-7-8-14-4-1-2-5-15(14)10-13)12-21-18(23)17-6-3-9-20(17)19(21)24/h1-2,4-5,7-8,10,16-17,22H,3,6,9,11-12H2/t16-,17-/m0/s1. The van der Waals surface area contributed by atoms with E-state index in [1.165, 1.54) is 4.90 Å². The summed E-state index contributed by atoms with van der Waals surface area (Å²) in [7, 11) is 0. The lowest BCUT2D eigenvalue weighted by molar-refractivity contribution is -0.128. The van der Waals surface area contributed by atoms with Crippen LogP contribution in [0, 0.1) is 0 Å². The topological polar surface area (TPSA) is 60.9 Å². The van der Waals surface area contributed by atoms with Crippen LogP contribution in [0.25, 0.3) is 10.8 Å². The Morgan fingerprint density at radius 2 is 1.92 bits per heavy atom. The first-order valence-electron chi connectivity index (χ1n) is 8.41. The van der Waals surface area contributed by atoms with Crippen molar-refractivity contribution in [2.45, 2.75) is 31.4 Å². The van der Waals surface area contributed by atoms with Gasteiger partial charge >= 0.3 is 6.03 Å². The van der Waals surface area contributed by atoms with Gasteiger partial charge in [0, 0.05) is 13.0 Å². The van der Waals surface area contributed by atoms with Crippen molar-refractivity contribution in [3.63, 3.8) is 0 Å². The van der Waals surface area contributed by atoms with Crippen molar-refractivity contribution < 1.29 is 14.7 Å². The lowest BCUT2D eigenvalue weighted by Crippen LogP contribution is -2.39. The number of benzene rings is 2. The van der Waals surface area contributed by atoms with Crippen molar-refractivity contribution in [3.05, 3.63) is 48.0 Å². The van der Waals surface area contributed by atoms with Crippen molar-refractivity contribution >= 4 is 22.7 Å². The van der Waals surface area contributed by atoms with Crippen LogP contribution in [0.15, 0.2) is 42.5 Å². The molecule has 0 unspecified atom stereocenters. The SMILES string of the molecule is O=C1[C@@H]2CCCN2C(=O)N1C[C@@H](O)Cc1ccc2ccccc2c1. The fourth-order valence-corrected chi connectivity index (χ4v) is 3.76. The second-order valence-electron chi connectivity index (χ2n) is 6.62. The summed E-state index contributed by atoms with van der Waals surface area (Å²) in [6, 6.07) is 13.6. The van der Waals surface area contributed by atoms with E-state index in [1.54, 1.807) is 4.90 Å². The normalized spacial score (nSPS) is 21.6. The third kappa shape index (κ3) is 2.55. The van der Waals surface area contributed by atoms with E-state index in [0.717, 1.165) is 29.2 Å². The molecule has 124 valence electrons. The van der Waals surface area contributed by atoms with Gasteiger partial charge in [-0.25, -0.2) is 4.79 Å². The molecule has 0 bridgehead atoms. The Kier molecular flexibility index (Phi) is 3.73. The molecule has 2 aromatic carbocycles. The number of aliphatic hydroxyl groups excluding tert-OH is 1. The van der Waals surface area contributed by atoms with E-state index in [0.29, 0.717) is 13.0 Å². The lowest BCUT2D eigenvalue weighted by atomic mass is 10.0. The molecule has 2 heterocycles. The molecule has 2 saturated heterocycles. The highest BCUT2D eigenvalue weighted by molar-refractivity contribution is 6.04. The van der Waals surface area contributed by atoms with Crippen molar-refractivity contribution in [3.8, 4) is 0 Å². The first-order chi connectivity index (χ1) is 11.6. The zero-order chi connectivity index (χ0) is 16.7. The molecule has 2 aliphatic heterocycles. The van der Waals surface area contributed by atoms with E-state index in [2.05, 4.69) is 0 Å². The van der Waals surface area contributed by atoms with Gasteiger partial charge in [0.05, 0.1) is 12.6 Å². The number of aliphatic hydroxyl groups is 1. The van der Waals surface area contributed by atoms with Crippen LogP contribution in [-0.4, -0.2) is 52.1 Å². The van der Waals surface area contributed by atoms with Crippen molar-refractivity contribution in [2.24, 2.45) is 0 Å². The first kappa shape index (κ1) is 15.1. The maximum atomic E-state index is 12.3. The fraction of sp³-hybridized carbons (Fsp3) is 0.368. The molecule has 0 aromatic heterocycles. The van der Waals surface area contributed by atoms with Crippen LogP contribution in [0.3, 0.4) is 0 Å². The molecule has 4 rings (SSSR count). The van der Waals surface area contributed by atoms with Gasteiger partial charge in [0.2, 0.25) is 0 Å². The quantitative estimate of drug-likeness (QED) is 0.877. The van der Waals surface area contributed by atoms with Crippen LogP contribution in [0.5, 0.6) is 0 Å². The summed E-state index contributed by atoms with van der Waals surface area (Å²) in [5, 5.41) is 12.6. The number of amides is 3. The maximum Gasteiger partial charge on any atom is 0.327 e. The predicted molar refractivity (Wildman–Crippen MR) is 90.5 cm³/mol. The number of hydrogen-bond donors (Lipinski definition) is 1. The largest absolute Gasteiger partial charge is 0.391 e. The minimum Gasteiger partial charge on any atom is -0.391 e. The molecule has 2 aliphatic rings. The number of hydrogen-bond acceptors (Lipinski definition) is 3. The molecule has 0 radical (unpaired) electrons. The van der Waals surface area contributed by atoms with Crippen LogP contribution in [0.2, 0.25) is 0 Å². The van der Waals surface area contributed by atoms with Gasteiger partial charge in [-0.3, -0.25) is 9.69 Å². The number of β-amino-alcohol motifs (C(OH)–C–C–N with tert-alkyl or cyclic N) is 1. The number of fused-ring (bicyclic) bond motifs is 2. The van der Waals surface area contributed by atoms with Crippen molar-refractivity contribution in [1.29, 1.82) is 0 Å². The van der Waals surface area contributed by atoms with Gasteiger partial charge in [0.25, 0.3) is 5.91 Å². The van der Waals surface area contributed by atoms with Crippen LogP contribution in [-0.2, 0) is 11.2 Å². The van der Waals surface area contributed by atoms with Gasteiger partial charge in [-0.15, -0.1) is 0 Å². The second-order valence-corrected chi connectivity index (χ2v) is 6.62. The molecule has 2 aromatic rings. The number of nitrogens with zero attached hydrogens (tertiary/aromatic N) is 2. The van der Waals surface area contributed by atoms with E-state index in [4.69, 9.17) is 0 Å². The second kappa shape index (κ2) is 5.91. The number of rotatable bonds is 4. The van der Waals surface area contributed by atoms with E-state index >= 15 is 0 Å². The molecule has 2 fully saturated rings. The molecule has 0 saturated carbocycles. The van der Waals surface area contributed by atoms with Crippen molar-refractivity contribution in [1.82, 2.24) is 9.80 Å². The van der Waals surface area contributed by atoms with E-state index in [9.17, 15) is 14.7 Å². The Balaban J connectivity index is 1.45. The molecule has 24 heavy (non-hydrogen) atoms. The van der Waals surface area contributed by atoms with E-state index in [1.807, 2.05) is 42.5 Å².